The van der Waals surface area contributed by atoms with E-state index in [9.17, 15) is 39.6 Å². The number of nitrogens with one attached hydrogen (secondary N) is 1. The third kappa shape index (κ3) is 6.64. The number of ketones is 1. The molecule has 1 amide bonds. The zero-order chi connectivity index (χ0) is 43.9. The zero-order valence-corrected chi connectivity index (χ0v) is 35.0. The fourth-order valence-corrected chi connectivity index (χ4v) is 11.2. The number of carbonyl (C=O) groups excluding carboxylic acids is 5. The number of esters is 3. The molecular weight excluding hydrogens is 778 g/mol. The van der Waals surface area contributed by atoms with Gasteiger partial charge >= 0.3 is 24.0 Å². The lowest BCUT2D eigenvalue weighted by Crippen LogP contribution is -2.73. The van der Waals surface area contributed by atoms with Crippen LogP contribution in [0, 0.1) is 28.1 Å². The normalized spacial score (nSPS) is 36.2. The monoisotopic (exact) mass is 833 g/mol. The quantitative estimate of drug-likeness (QED) is 0.146. The van der Waals surface area contributed by atoms with Gasteiger partial charge in [-0.3, -0.25) is 9.59 Å². The number of aliphatic hydroxyl groups excluding tert-OH is 3. The summed E-state index contributed by atoms with van der Waals surface area (Å²) in [7, 11) is 0. The van der Waals surface area contributed by atoms with Gasteiger partial charge in [-0.1, -0.05) is 62.4 Å². The molecule has 1 spiro atoms. The highest BCUT2D eigenvalue weighted by atomic mass is 16.6. The topological polar surface area (TPSA) is 224 Å². The van der Waals surface area contributed by atoms with Gasteiger partial charge in [-0.2, -0.15) is 0 Å². The maximum Gasteiger partial charge on any atom is 0.408 e. The molecule has 2 aromatic carbocycles. The Morgan fingerprint density at radius 3 is 2.13 bits per heavy atom. The summed E-state index contributed by atoms with van der Waals surface area (Å²) < 4.78 is 30.0. The second kappa shape index (κ2) is 15.0. The van der Waals surface area contributed by atoms with Crippen molar-refractivity contribution in [2.75, 3.05) is 6.61 Å². The van der Waals surface area contributed by atoms with Gasteiger partial charge in [-0.25, -0.2) is 14.4 Å². The van der Waals surface area contributed by atoms with Gasteiger partial charge in [0.2, 0.25) is 0 Å². The first-order valence-electron chi connectivity index (χ1n) is 20.3. The summed E-state index contributed by atoms with van der Waals surface area (Å²) in [5, 5.41) is 52.3. The number of hydrogen-bond acceptors (Lipinski definition) is 14. The second-order valence-corrected chi connectivity index (χ2v) is 18.6. The van der Waals surface area contributed by atoms with Crippen molar-refractivity contribution in [2.24, 2.45) is 28.1 Å². The van der Waals surface area contributed by atoms with Crippen LogP contribution < -0.4 is 5.32 Å². The maximum atomic E-state index is 15.2. The van der Waals surface area contributed by atoms with Crippen molar-refractivity contribution in [2.45, 2.75) is 128 Å². The number of amides is 1. The molecule has 5 N–H and O–H groups in total. The van der Waals surface area contributed by atoms with Crippen molar-refractivity contribution >= 4 is 29.8 Å². The average molecular weight is 834 g/mol. The minimum absolute atomic E-state index is 0.0254. The van der Waals surface area contributed by atoms with Crippen LogP contribution in [0.4, 0.5) is 4.79 Å². The summed E-state index contributed by atoms with van der Waals surface area (Å²) in [6.45, 7) is 12.3. The molecule has 60 heavy (non-hydrogen) atoms. The van der Waals surface area contributed by atoms with E-state index in [-0.39, 0.29) is 29.7 Å². The zero-order valence-electron chi connectivity index (χ0n) is 35.0. The maximum absolute atomic E-state index is 15.2. The second-order valence-electron chi connectivity index (χ2n) is 18.6. The number of rotatable bonds is 8. The first-order valence-corrected chi connectivity index (χ1v) is 20.3. The lowest BCUT2D eigenvalue weighted by molar-refractivity contribution is -0.237. The SMILES string of the molecule is CC(=O)O[C@H]1CO[C@@H]2C[C@H](O)[C@@]3(C)C(=O)[C@H](O)C4=C(C)[C@@H](OC(=O)[C@H](O)[C@@H](NC(=O)OC(C)(C)C)c5ccccc5)C[C@@](O)([C@@H](OC(=O)c5ccccc5)[C@@]35C1C25)C4(C)C. The molecule has 4 aliphatic carbocycles. The number of Topliss-reactive ketones (excluding diaryl/α,β-unsaturated/α-hetero) is 1. The predicted octanol–water partition coefficient (Wildman–Crippen LogP) is 3.51. The van der Waals surface area contributed by atoms with Crippen LogP contribution in [-0.2, 0) is 38.1 Å². The van der Waals surface area contributed by atoms with Crippen LogP contribution in [0.2, 0.25) is 0 Å². The van der Waals surface area contributed by atoms with Gasteiger partial charge in [0.15, 0.2) is 11.9 Å². The molecule has 1 heterocycles. The molecule has 2 unspecified atom stereocenters. The summed E-state index contributed by atoms with van der Waals surface area (Å²) in [4.78, 5) is 69.2. The van der Waals surface area contributed by atoms with Gasteiger partial charge in [-0.05, 0) is 63.5 Å². The average Bonchev–Trinajstić information content (AvgIpc) is 3.89. The van der Waals surface area contributed by atoms with Crippen LogP contribution in [0.5, 0.6) is 0 Å². The molecular formula is C45H55NO14. The smallest absolute Gasteiger partial charge is 0.408 e. The summed E-state index contributed by atoms with van der Waals surface area (Å²) >= 11 is 0. The Balaban J connectivity index is 1.36. The lowest BCUT2D eigenvalue weighted by Gasteiger charge is -2.61. The van der Waals surface area contributed by atoms with Crippen LogP contribution in [0.15, 0.2) is 71.8 Å². The Morgan fingerprint density at radius 2 is 1.53 bits per heavy atom. The molecule has 1 aliphatic heterocycles. The molecule has 7 rings (SSSR count). The van der Waals surface area contributed by atoms with Crippen molar-refractivity contribution in [3.8, 4) is 0 Å². The van der Waals surface area contributed by atoms with E-state index in [0.717, 1.165) is 0 Å². The van der Waals surface area contributed by atoms with E-state index < -0.39 is 124 Å². The summed E-state index contributed by atoms with van der Waals surface area (Å²) in [6, 6.07) is 14.8. The summed E-state index contributed by atoms with van der Waals surface area (Å²) in [6.07, 6.45) is -11.7. The van der Waals surface area contributed by atoms with Gasteiger partial charge in [0.25, 0.3) is 0 Å². The number of ether oxygens (including phenoxy) is 5. The van der Waals surface area contributed by atoms with E-state index in [2.05, 4.69) is 5.32 Å². The van der Waals surface area contributed by atoms with Gasteiger partial charge in [0.05, 0.1) is 35.8 Å². The van der Waals surface area contributed by atoms with Gasteiger partial charge in [0, 0.05) is 42.4 Å². The van der Waals surface area contributed by atoms with Crippen LogP contribution in [0.3, 0.4) is 0 Å². The number of alkyl carbamates (subject to hydrolysis) is 1. The van der Waals surface area contributed by atoms with Crippen molar-refractivity contribution in [3.63, 3.8) is 0 Å². The molecule has 15 heteroatoms. The van der Waals surface area contributed by atoms with Gasteiger partial charge < -0.3 is 49.4 Å². The van der Waals surface area contributed by atoms with Crippen LogP contribution in [-0.4, -0.2) is 111 Å². The van der Waals surface area contributed by atoms with Crippen molar-refractivity contribution < 1.29 is 68.1 Å². The number of hydrogen-bond donors (Lipinski definition) is 5. The molecule has 2 aromatic rings. The standard InChI is InChI=1S/C45H55NO14/c1-22-27(58-38(53)35(50)33(24-15-11-9-12-16-24)46-40(54)60-41(3,4)5)20-44(55)39(59-37(52)25-17-13-10-14-18-25)45-31-26(56-21-28(32(31)45)57-23(2)47)19-29(48)43(45,8)36(51)34(49)30(22)42(44,6)7/h9-18,26-29,31-35,39,48-50,55H,19-21H2,1-8H3,(H,46,54)/t26-,27+,28+,29+,31?,32?,33+,34-,35-,39-,43+,44-,45-/m1/s1. The van der Waals surface area contributed by atoms with E-state index in [4.69, 9.17) is 23.7 Å². The highest BCUT2D eigenvalue weighted by Gasteiger charge is 2.90. The van der Waals surface area contributed by atoms with Crippen LogP contribution in [0.1, 0.15) is 90.2 Å². The predicted molar refractivity (Wildman–Crippen MR) is 211 cm³/mol. The van der Waals surface area contributed by atoms with Crippen LogP contribution >= 0.6 is 0 Å². The number of aliphatic hydroxyl groups is 4. The minimum Gasteiger partial charge on any atom is -0.460 e. The highest BCUT2D eigenvalue weighted by Crippen LogP contribution is 2.81. The van der Waals surface area contributed by atoms with E-state index in [1.165, 1.54) is 32.9 Å². The molecule has 4 fully saturated rings. The number of benzene rings is 2. The van der Waals surface area contributed by atoms with Crippen molar-refractivity contribution in [3.05, 3.63) is 82.9 Å². The van der Waals surface area contributed by atoms with Crippen LogP contribution in [0.25, 0.3) is 0 Å². The van der Waals surface area contributed by atoms with E-state index in [1.807, 2.05) is 0 Å². The van der Waals surface area contributed by atoms with Gasteiger partial charge in [-0.15, -0.1) is 0 Å². The first kappa shape index (κ1) is 43.4. The molecule has 3 saturated carbocycles. The first-order chi connectivity index (χ1) is 28.0. The Morgan fingerprint density at radius 1 is 0.917 bits per heavy atom. The summed E-state index contributed by atoms with van der Waals surface area (Å²) in [5.41, 5.74) is -7.78. The Hall–Kier alpha value is -4.67. The van der Waals surface area contributed by atoms with Gasteiger partial charge in [0.1, 0.15) is 35.6 Å². The molecule has 1 saturated heterocycles. The molecule has 5 aliphatic rings. The fraction of sp³-hybridized carbons (Fsp3) is 0.578. The molecule has 0 aromatic heterocycles. The molecule has 0 radical (unpaired) electrons. The Bertz CT molecular complexity index is 2080. The fourth-order valence-electron chi connectivity index (χ4n) is 11.2. The van der Waals surface area contributed by atoms with E-state index in [0.29, 0.717) is 5.56 Å². The lowest BCUT2D eigenvalue weighted by atomic mass is 9.46. The van der Waals surface area contributed by atoms with Crippen molar-refractivity contribution in [1.82, 2.24) is 5.32 Å². The van der Waals surface area contributed by atoms with E-state index in [1.54, 1.807) is 83.1 Å². The largest absolute Gasteiger partial charge is 0.460 e. The molecule has 2 bridgehead atoms. The third-order valence-corrected chi connectivity index (χ3v) is 13.9. The molecule has 15 nitrogen and oxygen atoms in total. The van der Waals surface area contributed by atoms with E-state index >= 15 is 4.79 Å². The Kier molecular flexibility index (Phi) is 10.9. The minimum atomic E-state index is -2.29. The van der Waals surface area contributed by atoms with Crippen molar-refractivity contribution in [1.29, 1.82) is 0 Å². The number of carbonyl (C=O) groups is 5. The Labute approximate surface area is 348 Å². The highest BCUT2D eigenvalue weighted by molar-refractivity contribution is 5.95. The molecule has 13 atom stereocenters. The third-order valence-electron chi connectivity index (χ3n) is 13.9. The molecule has 324 valence electrons. The number of fused-ring (bicyclic) bond motifs is 2. The summed E-state index contributed by atoms with van der Waals surface area (Å²) in [5.74, 6) is -5.06.